The lowest BCUT2D eigenvalue weighted by atomic mass is 9.88. The summed E-state index contributed by atoms with van der Waals surface area (Å²) in [4.78, 5) is 13.0. The average Bonchev–Trinajstić information content (AvgIpc) is 2.28. The highest BCUT2D eigenvalue weighted by atomic mass is 19.3. The van der Waals surface area contributed by atoms with E-state index < -0.39 is 13.0 Å². The van der Waals surface area contributed by atoms with Crippen LogP contribution in [0.3, 0.4) is 0 Å². The van der Waals surface area contributed by atoms with Gasteiger partial charge in [-0.1, -0.05) is 19.3 Å². The van der Waals surface area contributed by atoms with Gasteiger partial charge in [-0.3, -0.25) is 4.79 Å². The summed E-state index contributed by atoms with van der Waals surface area (Å²) in [6.45, 7) is -0.805. The van der Waals surface area contributed by atoms with E-state index in [0.717, 1.165) is 37.0 Å². The first-order valence-electron chi connectivity index (χ1n) is 5.83. The minimum absolute atomic E-state index is 0.0136. The molecule has 1 rings (SSSR count). The molecule has 16 heavy (non-hydrogen) atoms. The Morgan fingerprint density at radius 2 is 1.94 bits per heavy atom. The lowest BCUT2D eigenvalue weighted by molar-refractivity contribution is -0.139. The van der Waals surface area contributed by atoms with E-state index in [0.29, 0.717) is 0 Å². The first-order chi connectivity index (χ1) is 7.65. The van der Waals surface area contributed by atoms with Gasteiger partial charge in [-0.05, 0) is 12.8 Å². The zero-order valence-electron chi connectivity index (χ0n) is 9.37. The van der Waals surface area contributed by atoms with E-state index in [1.165, 1.54) is 0 Å². The summed E-state index contributed by atoms with van der Waals surface area (Å²) < 4.78 is 24.5. The zero-order valence-corrected chi connectivity index (χ0v) is 9.37. The van der Waals surface area contributed by atoms with Gasteiger partial charge in [0, 0.05) is 12.5 Å². The van der Waals surface area contributed by atoms with Crippen LogP contribution in [-0.2, 0) is 4.79 Å². The van der Waals surface area contributed by atoms with Crippen LogP contribution in [0.1, 0.15) is 32.1 Å². The third-order valence-corrected chi connectivity index (χ3v) is 2.99. The molecule has 1 N–H and O–H groups in total. The molecular formula is C11H19F2NO2. The molecule has 0 heterocycles. The number of hydrogen-bond donors (Lipinski definition) is 1. The predicted octanol–water partition coefficient (Wildman–Crippen LogP) is 1.65. The molecule has 0 saturated heterocycles. The van der Waals surface area contributed by atoms with Crippen LogP contribution in [0.2, 0.25) is 0 Å². The van der Waals surface area contributed by atoms with Crippen molar-refractivity contribution in [3.8, 4) is 0 Å². The fourth-order valence-electron chi connectivity index (χ4n) is 2.19. The number of rotatable bonds is 5. The molecule has 0 bridgehead atoms. The van der Waals surface area contributed by atoms with E-state index >= 15 is 0 Å². The maximum atomic E-state index is 12.3. The summed E-state index contributed by atoms with van der Waals surface area (Å²) in [5.74, 6) is -0.326. The minimum atomic E-state index is -2.53. The van der Waals surface area contributed by atoms with Gasteiger partial charge in [-0.15, -0.1) is 0 Å². The van der Waals surface area contributed by atoms with Gasteiger partial charge in [-0.2, -0.15) is 0 Å². The van der Waals surface area contributed by atoms with E-state index in [1.807, 2.05) is 0 Å². The summed E-state index contributed by atoms with van der Waals surface area (Å²) in [6.07, 6.45) is 2.18. The van der Waals surface area contributed by atoms with E-state index in [2.05, 4.69) is 0 Å². The quantitative estimate of drug-likeness (QED) is 0.787. The molecular weight excluding hydrogens is 216 g/mol. The number of hydrogen-bond acceptors (Lipinski definition) is 2. The number of nitrogens with zero attached hydrogens (tertiary/aromatic N) is 1. The Morgan fingerprint density at radius 1 is 1.31 bits per heavy atom. The number of alkyl halides is 2. The van der Waals surface area contributed by atoms with E-state index in [4.69, 9.17) is 5.11 Å². The number of amides is 1. The highest BCUT2D eigenvalue weighted by molar-refractivity contribution is 5.78. The summed E-state index contributed by atoms with van der Waals surface area (Å²) in [7, 11) is 0. The van der Waals surface area contributed by atoms with Crippen molar-refractivity contribution < 1.29 is 18.7 Å². The Balaban J connectivity index is 2.50. The number of carbonyl (C=O) groups excluding carboxylic acids is 1. The summed E-state index contributed by atoms with van der Waals surface area (Å²) in [5, 5.41) is 8.76. The summed E-state index contributed by atoms with van der Waals surface area (Å²) in [5.41, 5.74) is 0. The molecule has 5 heteroatoms. The number of aliphatic hydroxyl groups is 1. The molecule has 0 atom stereocenters. The Morgan fingerprint density at radius 3 is 2.44 bits per heavy atom. The molecule has 1 fully saturated rings. The molecule has 1 aliphatic rings. The summed E-state index contributed by atoms with van der Waals surface area (Å²) in [6, 6.07) is 0. The second kappa shape index (κ2) is 6.78. The van der Waals surface area contributed by atoms with Crippen molar-refractivity contribution in [3.05, 3.63) is 0 Å². The van der Waals surface area contributed by atoms with Crippen LogP contribution in [0, 0.1) is 5.92 Å². The van der Waals surface area contributed by atoms with Gasteiger partial charge in [-0.25, -0.2) is 8.78 Å². The predicted molar refractivity (Wildman–Crippen MR) is 56.2 cm³/mol. The van der Waals surface area contributed by atoms with Gasteiger partial charge in [0.05, 0.1) is 13.2 Å². The van der Waals surface area contributed by atoms with E-state index in [9.17, 15) is 13.6 Å². The van der Waals surface area contributed by atoms with Crippen LogP contribution >= 0.6 is 0 Å². The van der Waals surface area contributed by atoms with Crippen molar-refractivity contribution in [2.75, 3.05) is 19.7 Å². The fraction of sp³-hybridized carbons (Fsp3) is 0.909. The maximum Gasteiger partial charge on any atom is 0.255 e. The molecule has 0 aromatic rings. The first kappa shape index (κ1) is 13.4. The molecule has 0 aromatic carbocycles. The highest BCUT2D eigenvalue weighted by Gasteiger charge is 2.27. The van der Waals surface area contributed by atoms with Crippen LogP contribution in [0.5, 0.6) is 0 Å². The Bertz CT molecular complexity index is 218. The standard InChI is InChI=1S/C11H19F2NO2/c12-10(13)8-14(6-7-15)11(16)9-4-2-1-3-5-9/h9-10,15H,1-8H2. The third kappa shape index (κ3) is 4.04. The lowest BCUT2D eigenvalue weighted by Gasteiger charge is -2.28. The zero-order chi connectivity index (χ0) is 12.0. The van der Waals surface area contributed by atoms with Crippen molar-refractivity contribution in [1.29, 1.82) is 0 Å². The fourth-order valence-corrected chi connectivity index (χ4v) is 2.19. The summed E-state index contributed by atoms with van der Waals surface area (Å²) >= 11 is 0. The van der Waals surface area contributed by atoms with Crippen LogP contribution in [0.15, 0.2) is 0 Å². The van der Waals surface area contributed by atoms with Gasteiger partial charge < -0.3 is 10.0 Å². The number of aliphatic hydroxyl groups excluding tert-OH is 1. The molecule has 1 saturated carbocycles. The van der Waals surface area contributed by atoms with Crippen molar-refractivity contribution in [1.82, 2.24) is 4.90 Å². The Labute approximate surface area is 94.4 Å². The van der Waals surface area contributed by atoms with Crippen LogP contribution in [-0.4, -0.2) is 42.0 Å². The monoisotopic (exact) mass is 235 g/mol. The molecule has 3 nitrogen and oxygen atoms in total. The normalized spacial score (nSPS) is 17.8. The third-order valence-electron chi connectivity index (χ3n) is 2.99. The SMILES string of the molecule is O=C(C1CCCCC1)N(CCO)CC(F)F. The van der Waals surface area contributed by atoms with Crippen molar-refractivity contribution in [2.24, 2.45) is 5.92 Å². The molecule has 1 amide bonds. The second-order valence-electron chi connectivity index (χ2n) is 4.23. The van der Waals surface area contributed by atoms with Crippen molar-refractivity contribution in [3.63, 3.8) is 0 Å². The average molecular weight is 235 g/mol. The largest absolute Gasteiger partial charge is 0.395 e. The second-order valence-corrected chi connectivity index (χ2v) is 4.23. The van der Waals surface area contributed by atoms with Crippen molar-refractivity contribution >= 4 is 5.91 Å². The Kier molecular flexibility index (Phi) is 5.66. The van der Waals surface area contributed by atoms with Crippen molar-refractivity contribution in [2.45, 2.75) is 38.5 Å². The van der Waals surface area contributed by atoms with Gasteiger partial charge in [0.15, 0.2) is 0 Å². The minimum Gasteiger partial charge on any atom is -0.395 e. The number of halogens is 2. The molecule has 0 unspecified atom stereocenters. The molecule has 94 valence electrons. The Hall–Kier alpha value is -0.710. The molecule has 1 aliphatic carbocycles. The maximum absolute atomic E-state index is 12.3. The highest BCUT2D eigenvalue weighted by Crippen LogP contribution is 2.25. The van der Waals surface area contributed by atoms with Gasteiger partial charge in [0.25, 0.3) is 6.43 Å². The van der Waals surface area contributed by atoms with E-state index in [1.54, 1.807) is 0 Å². The van der Waals surface area contributed by atoms with Crippen LogP contribution in [0.4, 0.5) is 8.78 Å². The van der Waals surface area contributed by atoms with Gasteiger partial charge in [0.2, 0.25) is 5.91 Å². The molecule has 0 spiro atoms. The topological polar surface area (TPSA) is 40.5 Å². The lowest BCUT2D eigenvalue weighted by Crippen LogP contribution is -2.41. The van der Waals surface area contributed by atoms with E-state index in [-0.39, 0.29) is 25.0 Å². The smallest absolute Gasteiger partial charge is 0.255 e. The molecule has 0 radical (unpaired) electrons. The van der Waals surface area contributed by atoms with Gasteiger partial charge in [0.1, 0.15) is 0 Å². The van der Waals surface area contributed by atoms with Crippen LogP contribution in [0.25, 0.3) is 0 Å². The van der Waals surface area contributed by atoms with Crippen LogP contribution < -0.4 is 0 Å². The number of carbonyl (C=O) groups is 1. The van der Waals surface area contributed by atoms with Gasteiger partial charge >= 0.3 is 0 Å². The first-order valence-corrected chi connectivity index (χ1v) is 5.83. The molecule has 0 aliphatic heterocycles. The molecule has 0 aromatic heterocycles.